The van der Waals surface area contributed by atoms with E-state index in [0.29, 0.717) is 38.6 Å². The number of nitrogens with zero attached hydrogens (tertiary/aromatic N) is 1. The maximum Gasteiger partial charge on any atom is 0.317 e. The molecular weight excluding hydrogens is 481 g/mol. The second-order valence-electron chi connectivity index (χ2n) is 11.0. The van der Waals surface area contributed by atoms with Gasteiger partial charge in [0.2, 0.25) is 0 Å². The summed E-state index contributed by atoms with van der Waals surface area (Å²) in [6.45, 7) is 6.80. The van der Waals surface area contributed by atoms with Crippen LogP contribution in [0.2, 0.25) is 0 Å². The maximum absolute atomic E-state index is 14.2. The zero-order valence-corrected chi connectivity index (χ0v) is 23.5. The molecule has 0 spiro atoms. The SMILES string of the molecule is CNC[C@H](CC(C)C)NC(=O)N1CCC[C@@H]([C@@](O)(CCCCOC)c2ccccc2-c2cccc(F)c2)C1. The lowest BCUT2D eigenvalue weighted by Crippen LogP contribution is -2.54. The van der Waals surface area contributed by atoms with Crippen LogP contribution in [0.3, 0.4) is 0 Å². The van der Waals surface area contributed by atoms with Crippen molar-refractivity contribution in [3.8, 4) is 11.1 Å². The van der Waals surface area contributed by atoms with E-state index in [1.54, 1.807) is 13.2 Å². The van der Waals surface area contributed by atoms with Crippen molar-refractivity contribution in [3.63, 3.8) is 0 Å². The molecule has 210 valence electrons. The Labute approximate surface area is 228 Å². The molecular formula is C31H46FN3O3. The summed E-state index contributed by atoms with van der Waals surface area (Å²) < 4.78 is 19.4. The van der Waals surface area contributed by atoms with Gasteiger partial charge < -0.3 is 25.4 Å². The van der Waals surface area contributed by atoms with Crippen LogP contribution >= 0.6 is 0 Å². The van der Waals surface area contributed by atoms with E-state index >= 15 is 0 Å². The van der Waals surface area contributed by atoms with E-state index in [-0.39, 0.29) is 23.8 Å². The minimum atomic E-state index is -1.17. The van der Waals surface area contributed by atoms with Gasteiger partial charge in [-0.1, -0.05) is 50.2 Å². The Morgan fingerprint density at radius 3 is 2.71 bits per heavy atom. The quantitative estimate of drug-likeness (QED) is 0.299. The van der Waals surface area contributed by atoms with E-state index in [0.717, 1.165) is 48.8 Å². The fourth-order valence-corrected chi connectivity index (χ4v) is 5.79. The second-order valence-corrected chi connectivity index (χ2v) is 11.0. The van der Waals surface area contributed by atoms with Crippen LogP contribution in [-0.4, -0.2) is 62.5 Å². The number of carbonyl (C=O) groups is 1. The molecule has 2 aromatic rings. The minimum absolute atomic E-state index is 0.0505. The molecule has 0 unspecified atom stereocenters. The first-order valence-electron chi connectivity index (χ1n) is 14.0. The summed E-state index contributed by atoms with van der Waals surface area (Å²) >= 11 is 0. The van der Waals surface area contributed by atoms with Crippen molar-refractivity contribution in [2.24, 2.45) is 11.8 Å². The second kappa shape index (κ2) is 14.6. The molecule has 0 saturated carbocycles. The molecule has 2 amide bonds. The number of unbranched alkanes of at least 4 members (excludes halogenated alkanes) is 1. The van der Waals surface area contributed by atoms with Crippen LogP contribution in [0.1, 0.15) is 57.9 Å². The number of methoxy groups -OCH3 is 1. The fraction of sp³-hybridized carbons (Fsp3) is 0.581. The summed E-state index contributed by atoms with van der Waals surface area (Å²) in [5.74, 6) is 0.0188. The summed E-state index contributed by atoms with van der Waals surface area (Å²) in [6.07, 6.45) is 4.68. The van der Waals surface area contributed by atoms with Crippen molar-refractivity contribution in [1.29, 1.82) is 0 Å². The smallest absolute Gasteiger partial charge is 0.317 e. The molecule has 1 heterocycles. The highest BCUT2D eigenvalue weighted by molar-refractivity contribution is 5.75. The molecule has 0 radical (unpaired) electrons. The van der Waals surface area contributed by atoms with Crippen molar-refractivity contribution in [2.45, 2.75) is 64.0 Å². The number of hydrogen-bond donors (Lipinski definition) is 3. The summed E-state index contributed by atoms with van der Waals surface area (Å²) in [4.78, 5) is 15.2. The first kappa shape index (κ1) is 30.1. The van der Waals surface area contributed by atoms with Crippen molar-refractivity contribution in [2.75, 3.05) is 40.4 Å². The summed E-state index contributed by atoms with van der Waals surface area (Å²) in [5.41, 5.74) is 1.19. The van der Waals surface area contributed by atoms with Gasteiger partial charge in [-0.3, -0.25) is 0 Å². The highest BCUT2D eigenvalue weighted by Crippen LogP contribution is 2.43. The zero-order chi connectivity index (χ0) is 27.5. The first-order chi connectivity index (χ1) is 18.3. The molecule has 6 nitrogen and oxygen atoms in total. The Morgan fingerprint density at radius 2 is 2.00 bits per heavy atom. The van der Waals surface area contributed by atoms with Gasteiger partial charge in [0.15, 0.2) is 0 Å². The van der Waals surface area contributed by atoms with Crippen molar-refractivity contribution >= 4 is 6.03 Å². The monoisotopic (exact) mass is 527 g/mol. The minimum Gasteiger partial charge on any atom is -0.385 e. The van der Waals surface area contributed by atoms with Crippen molar-refractivity contribution < 1.29 is 19.0 Å². The lowest BCUT2D eigenvalue weighted by molar-refractivity contribution is -0.0559. The number of likely N-dealkylation sites (N-methyl/N-ethyl adjacent to an activating group) is 1. The maximum atomic E-state index is 14.2. The zero-order valence-electron chi connectivity index (χ0n) is 23.5. The topological polar surface area (TPSA) is 73.8 Å². The number of amides is 2. The fourth-order valence-electron chi connectivity index (χ4n) is 5.79. The van der Waals surface area contributed by atoms with Crippen LogP contribution in [0.25, 0.3) is 11.1 Å². The molecule has 3 atom stereocenters. The summed E-state index contributed by atoms with van der Waals surface area (Å²) in [6, 6.07) is 14.3. The van der Waals surface area contributed by atoms with Crippen LogP contribution in [-0.2, 0) is 10.3 Å². The highest BCUT2D eigenvalue weighted by atomic mass is 19.1. The number of piperidine rings is 1. The number of hydrogen-bond acceptors (Lipinski definition) is 4. The van der Waals surface area contributed by atoms with E-state index in [4.69, 9.17) is 4.74 Å². The third-order valence-electron chi connectivity index (χ3n) is 7.60. The number of aliphatic hydroxyl groups is 1. The number of likely N-dealkylation sites (tertiary alicyclic amines) is 1. The Kier molecular flexibility index (Phi) is 11.6. The highest BCUT2D eigenvalue weighted by Gasteiger charge is 2.42. The molecule has 38 heavy (non-hydrogen) atoms. The summed E-state index contributed by atoms with van der Waals surface area (Å²) in [7, 11) is 3.58. The number of ether oxygens (including phenoxy) is 1. The Hall–Kier alpha value is -2.48. The molecule has 3 rings (SSSR count). The average molecular weight is 528 g/mol. The Morgan fingerprint density at radius 1 is 1.21 bits per heavy atom. The molecule has 2 aromatic carbocycles. The van der Waals surface area contributed by atoms with Gasteiger partial charge in [0, 0.05) is 45.3 Å². The molecule has 1 fully saturated rings. The normalized spacial score (nSPS) is 18.3. The van der Waals surface area contributed by atoms with Gasteiger partial charge in [-0.05, 0) is 80.3 Å². The predicted octanol–water partition coefficient (Wildman–Crippen LogP) is 5.55. The van der Waals surface area contributed by atoms with Crippen molar-refractivity contribution in [1.82, 2.24) is 15.5 Å². The van der Waals surface area contributed by atoms with Crippen LogP contribution in [0.15, 0.2) is 48.5 Å². The lowest BCUT2D eigenvalue weighted by atomic mass is 9.72. The van der Waals surface area contributed by atoms with Gasteiger partial charge in [-0.15, -0.1) is 0 Å². The third kappa shape index (κ3) is 8.01. The van der Waals surface area contributed by atoms with Crippen LogP contribution in [0.4, 0.5) is 9.18 Å². The Balaban J connectivity index is 1.90. The number of halogens is 1. The van der Waals surface area contributed by atoms with Gasteiger partial charge in [0.05, 0.1) is 5.60 Å². The van der Waals surface area contributed by atoms with Crippen molar-refractivity contribution in [3.05, 3.63) is 59.9 Å². The van der Waals surface area contributed by atoms with Crippen LogP contribution in [0.5, 0.6) is 0 Å². The molecule has 0 bridgehead atoms. The molecule has 1 aliphatic heterocycles. The van der Waals surface area contributed by atoms with Crippen LogP contribution in [0, 0.1) is 17.7 Å². The van der Waals surface area contributed by atoms with E-state index in [1.165, 1.54) is 12.1 Å². The molecule has 7 heteroatoms. The molecule has 0 aromatic heterocycles. The average Bonchev–Trinajstić information content (AvgIpc) is 2.91. The van der Waals surface area contributed by atoms with E-state index in [9.17, 15) is 14.3 Å². The lowest BCUT2D eigenvalue weighted by Gasteiger charge is -2.44. The largest absolute Gasteiger partial charge is 0.385 e. The molecule has 1 aliphatic rings. The Bertz CT molecular complexity index is 1020. The van der Waals surface area contributed by atoms with E-state index in [1.807, 2.05) is 42.3 Å². The van der Waals surface area contributed by atoms with Gasteiger partial charge in [0.25, 0.3) is 0 Å². The molecule has 1 saturated heterocycles. The summed E-state index contributed by atoms with van der Waals surface area (Å²) in [5, 5.41) is 18.9. The number of urea groups is 1. The van der Waals surface area contributed by atoms with Gasteiger partial charge in [-0.25, -0.2) is 9.18 Å². The van der Waals surface area contributed by atoms with Gasteiger partial charge >= 0.3 is 6.03 Å². The third-order valence-corrected chi connectivity index (χ3v) is 7.60. The first-order valence-corrected chi connectivity index (χ1v) is 14.0. The van der Waals surface area contributed by atoms with Gasteiger partial charge in [-0.2, -0.15) is 0 Å². The standard InChI is InChI=1S/C31H46FN3O3/c1-23(2)19-27(21-33-3)34-30(36)35-17-10-12-25(22-35)31(37,16-7-8-18-38-4)29-15-6-5-14-28(29)24-11-9-13-26(32)20-24/h5-6,9,11,13-15,20,23,25,27,33,37H,7-8,10,12,16-19,21-22H2,1-4H3,(H,34,36)/t25-,27+,31+/m1/s1. The van der Waals surface area contributed by atoms with E-state index < -0.39 is 5.60 Å². The number of rotatable bonds is 13. The number of benzene rings is 2. The predicted molar refractivity (Wildman–Crippen MR) is 151 cm³/mol. The van der Waals surface area contributed by atoms with Crippen LogP contribution < -0.4 is 10.6 Å². The number of carbonyl (C=O) groups excluding carboxylic acids is 1. The van der Waals surface area contributed by atoms with E-state index in [2.05, 4.69) is 24.5 Å². The molecule has 0 aliphatic carbocycles. The molecule has 3 N–H and O–H groups in total. The number of nitrogens with one attached hydrogen (secondary N) is 2. The van der Waals surface area contributed by atoms with Gasteiger partial charge in [0.1, 0.15) is 5.82 Å².